The summed E-state index contributed by atoms with van der Waals surface area (Å²) in [5.74, 6) is 0.281. The standard InChI is InChI=1S/C19H22FNO2/c1-13-10-14(2)12-18(11-13)23-15(3)19(22)21-9-8-16-4-6-17(20)7-5-16/h4-7,10-12,15H,8-9H2,1-3H3,(H,21,22). The van der Waals surface area contributed by atoms with Gasteiger partial charge in [-0.25, -0.2) is 4.39 Å². The van der Waals surface area contributed by atoms with Crippen LogP contribution >= 0.6 is 0 Å². The van der Waals surface area contributed by atoms with Gasteiger partial charge in [0, 0.05) is 6.54 Å². The predicted octanol–water partition coefficient (Wildman–Crippen LogP) is 3.57. The third-order valence-electron chi connectivity index (χ3n) is 3.50. The Morgan fingerprint density at radius 1 is 1.13 bits per heavy atom. The first-order valence-corrected chi connectivity index (χ1v) is 7.71. The monoisotopic (exact) mass is 315 g/mol. The Labute approximate surface area is 136 Å². The van der Waals surface area contributed by atoms with Crippen LogP contribution in [0.4, 0.5) is 4.39 Å². The van der Waals surface area contributed by atoms with Gasteiger partial charge in [-0.15, -0.1) is 0 Å². The zero-order chi connectivity index (χ0) is 16.8. The lowest BCUT2D eigenvalue weighted by molar-refractivity contribution is -0.127. The number of benzene rings is 2. The molecule has 0 radical (unpaired) electrons. The largest absolute Gasteiger partial charge is 0.481 e. The van der Waals surface area contributed by atoms with Gasteiger partial charge in [0.1, 0.15) is 11.6 Å². The van der Waals surface area contributed by atoms with Gasteiger partial charge in [-0.1, -0.05) is 18.2 Å². The molecule has 0 aliphatic carbocycles. The lowest BCUT2D eigenvalue weighted by Gasteiger charge is -2.15. The maximum Gasteiger partial charge on any atom is 0.260 e. The lowest BCUT2D eigenvalue weighted by Crippen LogP contribution is -2.37. The Morgan fingerprint density at radius 3 is 2.35 bits per heavy atom. The first kappa shape index (κ1) is 17.0. The van der Waals surface area contributed by atoms with Crippen molar-refractivity contribution in [2.75, 3.05) is 6.54 Å². The molecule has 0 heterocycles. The van der Waals surface area contributed by atoms with Gasteiger partial charge >= 0.3 is 0 Å². The van der Waals surface area contributed by atoms with Crippen LogP contribution in [0, 0.1) is 19.7 Å². The number of halogens is 1. The van der Waals surface area contributed by atoms with E-state index < -0.39 is 6.10 Å². The molecule has 0 fully saturated rings. The lowest BCUT2D eigenvalue weighted by atomic mass is 10.1. The highest BCUT2D eigenvalue weighted by molar-refractivity contribution is 5.80. The fraction of sp³-hybridized carbons (Fsp3) is 0.316. The summed E-state index contributed by atoms with van der Waals surface area (Å²) in [4.78, 5) is 12.1. The third kappa shape index (κ3) is 5.40. The average molecular weight is 315 g/mol. The van der Waals surface area contributed by atoms with E-state index in [-0.39, 0.29) is 11.7 Å². The Bertz CT molecular complexity index is 647. The topological polar surface area (TPSA) is 38.3 Å². The number of amides is 1. The number of ether oxygens (including phenoxy) is 1. The van der Waals surface area contributed by atoms with E-state index in [0.29, 0.717) is 18.7 Å². The molecular formula is C19H22FNO2. The molecule has 122 valence electrons. The highest BCUT2D eigenvalue weighted by Gasteiger charge is 2.14. The SMILES string of the molecule is Cc1cc(C)cc(OC(C)C(=O)NCCc2ccc(F)cc2)c1. The van der Waals surface area contributed by atoms with E-state index in [2.05, 4.69) is 11.4 Å². The van der Waals surface area contributed by atoms with E-state index in [1.165, 1.54) is 12.1 Å². The second-order valence-corrected chi connectivity index (χ2v) is 5.75. The van der Waals surface area contributed by atoms with Gasteiger partial charge < -0.3 is 10.1 Å². The summed E-state index contributed by atoms with van der Waals surface area (Å²) in [6, 6.07) is 12.2. The summed E-state index contributed by atoms with van der Waals surface area (Å²) in [6.45, 7) is 6.20. The maximum absolute atomic E-state index is 12.8. The average Bonchev–Trinajstić information content (AvgIpc) is 2.48. The molecule has 2 aromatic rings. The molecule has 0 aliphatic rings. The molecule has 4 heteroatoms. The minimum Gasteiger partial charge on any atom is -0.481 e. The van der Waals surface area contributed by atoms with Crippen LogP contribution in [0.5, 0.6) is 5.75 Å². The van der Waals surface area contributed by atoms with Gasteiger partial charge in [-0.2, -0.15) is 0 Å². The van der Waals surface area contributed by atoms with Crippen molar-refractivity contribution in [1.82, 2.24) is 5.32 Å². The van der Waals surface area contributed by atoms with Gasteiger partial charge in [0.15, 0.2) is 6.10 Å². The molecule has 3 nitrogen and oxygen atoms in total. The summed E-state index contributed by atoms with van der Waals surface area (Å²) >= 11 is 0. The number of nitrogens with one attached hydrogen (secondary N) is 1. The number of aryl methyl sites for hydroxylation is 2. The first-order chi connectivity index (χ1) is 10.9. The van der Waals surface area contributed by atoms with Crippen LogP contribution in [0.1, 0.15) is 23.6 Å². The third-order valence-corrected chi connectivity index (χ3v) is 3.50. The van der Waals surface area contributed by atoms with Crippen molar-refractivity contribution in [1.29, 1.82) is 0 Å². The van der Waals surface area contributed by atoms with E-state index >= 15 is 0 Å². The summed E-state index contributed by atoms with van der Waals surface area (Å²) < 4.78 is 18.5. The number of rotatable bonds is 6. The highest BCUT2D eigenvalue weighted by Crippen LogP contribution is 2.17. The van der Waals surface area contributed by atoms with Crippen molar-refractivity contribution in [3.8, 4) is 5.75 Å². The normalized spacial score (nSPS) is 11.8. The van der Waals surface area contributed by atoms with E-state index in [4.69, 9.17) is 4.74 Å². The molecular weight excluding hydrogens is 293 g/mol. The smallest absolute Gasteiger partial charge is 0.260 e. The summed E-state index contributed by atoms with van der Waals surface area (Å²) in [6.07, 6.45) is 0.0897. The molecule has 2 aromatic carbocycles. The van der Waals surface area contributed by atoms with Crippen LogP contribution < -0.4 is 10.1 Å². The van der Waals surface area contributed by atoms with E-state index in [1.54, 1.807) is 19.1 Å². The second kappa shape index (κ2) is 7.77. The van der Waals surface area contributed by atoms with Gasteiger partial charge in [-0.05, 0) is 68.1 Å². The Kier molecular flexibility index (Phi) is 5.74. The fourth-order valence-electron chi connectivity index (χ4n) is 2.38. The quantitative estimate of drug-likeness (QED) is 0.885. The Balaban J connectivity index is 1.81. The molecule has 2 rings (SSSR count). The van der Waals surface area contributed by atoms with E-state index in [0.717, 1.165) is 16.7 Å². The molecule has 0 aromatic heterocycles. The van der Waals surface area contributed by atoms with Gasteiger partial charge in [0.25, 0.3) is 5.91 Å². The van der Waals surface area contributed by atoms with Crippen LogP contribution in [0.3, 0.4) is 0 Å². The number of hydrogen-bond acceptors (Lipinski definition) is 2. The van der Waals surface area contributed by atoms with Gasteiger partial charge in [0.2, 0.25) is 0 Å². The number of carbonyl (C=O) groups is 1. The van der Waals surface area contributed by atoms with E-state index in [1.807, 2.05) is 26.0 Å². The summed E-state index contributed by atoms with van der Waals surface area (Å²) in [5, 5.41) is 2.84. The zero-order valence-electron chi connectivity index (χ0n) is 13.7. The Hall–Kier alpha value is -2.36. The van der Waals surface area contributed by atoms with Crippen LogP contribution in [0.15, 0.2) is 42.5 Å². The summed E-state index contributed by atoms with van der Waals surface area (Å²) in [7, 11) is 0. The van der Waals surface area contributed by atoms with Crippen LogP contribution in [-0.2, 0) is 11.2 Å². The maximum atomic E-state index is 12.8. The molecule has 23 heavy (non-hydrogen) atoms. The van der Waals surface area contributed by atoms with Crippen molar-refractivity contribution in [2.45, 2.75) is 33.3 Å². The summed E-state index contributed by atoms with van der Waals surface area (Å²) in [5.41, 5.74) is 3.18. The van der Waals surface area contributed by atoms with Crippen LogP contribution in [0.2, 0.25) is 0 Å². The number of carbonyl (C=O) groups excluding carboxylic acids is 1. The predicted molar refractivity (Wildman–Crippen MR) is 89.1 cm³/mol. The molecule has 0 aliphatic heterocycles. The molecule has 1 atom stereocenters. The van der Waals surface area contributed by atoms with Crippen LogP contribution in [-0.4, -0.2) is 18.6 Å². The first-order valence-electron chi connectivity index (χ1n) is 7.71. The molecule has 0 saturated heterocycles. The van der Waals surface area contributed by atoms with Crippen molar-refractivity contribution in [3.63, 3.8) is 0 Å². The molecule has 1 unspecified atom stereocenters. The molecule has 1 amide bonds. The van der Waals surface area contributed by atoms with Gasteiger partial charge in [0.05, 0.1) is 0 Å². The van der Waals surface area contributed by atoms with Crippen molar-refractivity contribution < 1.29 is 13.9 Å². The molecule has 1 N–H and O–H groups in total. The zero-order valence-corrected chi connectivity index (χ0v) is 13.7. The minimum atomic E-state index is -0.565. The molecule has 0 saturated carbocycles. The van der Waals surface area contributed by atoms with Crippen LogP contribution in [0.25, 0.3) is 0 Å². The number of hydrogen-bond donors (Lipinski definition) is 1. The van der Waals surface area contributed by atoms with Crippen molar-refractivity contribution in [2.24, 2.45) is 0 Å². The van der Waals surface area contributed by atoms with E-state index in [9.17, 15) is 9.18 Å². The van der Waals surface area contributed by atoms with Crippen molar-refractivity contribution in [3.05, 3.63) is 65.0 Å². The minimum absolute atomic E-state index is 0.161. The molecule has 0 bridgehead atoms. The van der Waals surface area contributed by atoms with Crippen molar-refractivity contribution >= 4 is 5.91 Å². The highest BCUT2D eigenvalue weighted by atomic mass is 19.1. The Morgan fingerprint density at radius 2 is 1.74 bits per heavy atom. The second-order valence-electron chi connectivity index (χ2n) is 5.75. The fourth-order valence-corrected chi connectivity index (χ4v) is 2.38. The molecule has 0 spiro atoms. The van der Waals surface area contributed by atoms with Gasteiger partial charge in [-0.3, -0.25) is 4.79 Å².